The van der Waals surface area contributed by atoms with Crippen LogP contribution in [0.25, 0.3) is 0 Å². The lowest BCUT2D eigenvalue weighted by atomic mass is 10.3. The summed E-state index contributed by atoms with van der Waals surface area (Å²) in [5.41, 5.74) is 0. The van der Waals surface area contributed by atoms with Crippen LogP contribution in [0.1, 0.15) is 0 Å². The van der Waals surface area contributed by atoms with Gasteiger partial charge in [-0.1, -0.05) is 21.6 Å². The molecule has 0 spiro atoms. The second-order valence-electron chi connectivity index (χ2n) is 7.31. The number of esters is 2. The van der Waals surface area contributed by atoms with Crippen molar-refractivity contribution in [3.05, 3.63) is 48.5 Å². The van der Waals surface area contributed by atoms with E-state index in [1.807, 2.05) is 0 Å². The van der Waals surface area contributed by atoms with Crippen molar-refractivity contribution in [3.8, 4) is 11.5 Å². The third kappa shape index (κ3) is 9.06. The van der Waals surface area contributed by atoms with Crippen LogP contribution in [0.4, 0.5) is 0 Å². The van der Waals surface area contributed by atoms with E-state index in [2.05, 4.69) is 9.44 Å². The molecule has 0 aliphatic heterocycles. The van der Waals surface area contributed by atoms with Gasteiger partial charge in [0.1, 0.15) is 23.6 Å². The lowest BCUT2D eigenvalue weighted by Crippen LogP contribution is -2.44. The van der Waals surface area contributed by atoms with E-state index >= 15 is 0 Å². The molecule has 0 heterocycles. The molecule has 38 heavy (non-hydrogen) atoms. The Morgan fingerprint density at radius 1 is 0.658 bits per heavy atom. The highest BCUT2D eigenvalue weighted by molar-refractivity contribution is 8.76. The van der Waals surface area contributed by atoms with E-state index in [1.54, 1.807) is 0 Å². The first-order valence-electron chi connectivity index (χ1n) is 10.7. The lowest BCUT2D eigenvalue weighted by molar-refractivity contribution is -0.142. The van der Waals surface area contributed by atoms with Gasteiger partial charge >= 0.3 is 11.9 Å². The standard InChI is InChI=1S/C22H28N2O10S4/c1-31-15-5-9-17(10-6-15)37(27,28)23-19(21(25)33-3)13-35-36-14-20(22(26)34-4)24-38(29,30)18-11-7-16(32-2)8-12-18/h5-12,19-20,23-24H,13-14H2,1-4H3. The number of ether oxygens (including phenoxy) is 4. The topological polar surface area (TPSA) is 163 Å². The van der Waals surface area contributed by atoms with E-state index in [1.165, 1.54) is 62.8 Å². The van der Waals surface area contributed by atoms with Crippen molar-refractivity contribution in [1.29, 1.82) is 0 Å². The first-order chi connectivity index (χ1) is 18.0. The number of hydrogen-bond donors (Lipinski definition) is 2. The average Bonchev–Trinajstić information content (AvgIpc) is 2.92. The summed E-state index contributed by atoms with van der Waals surface area (Å²) >= 11 is 0. The summed E-state index contributed by atoms with van der Waals surface area (Å²) in [6, 6.07) is 8.66. The highest BCUT2D eigenvalue weighted by atomic mass is 33.1. The molecule has 12 nitrogen and oxygen atoms in total. The number of carbonyl (C=O) groups is 2. The van der Waals surface area contributed by atoms with Crippen molar-refractivity contribution < 1.29 is 45.4 Å². The molecule has 2 aromatic rings. The summed E-state index contributed by atoms with van der Waals surface area (Å²) in [5, 5.41) is 0. The van der Waals surface area contributed by atoms with Crippen molar-refractivity contribution in [2.45, 2.75) is 21.9 Å². The van der Waals surface area contributed by atoms with Gasteiger partial charge in [-0.15, -0.1) is 0 Å². The van der Waals surface area contributed by atoms with E-state index in [-0.39, 0.29) is 21.3 Å². The number of hydrogen-bond acceptors (Lipinski definition) is 12. The third-order valence-corrected chi connectivity index (χ3v) is 10.3. The first-order valence-corrected chi connectivity index (χ1v) is 16.2. The Balaban J connectivity index is 2.04. The van der Waals surface area contributed by atoms with Crippen LogP contribution in [0.2, 0.25) is 0 Å². The second kappa shape index (κ2) is 14.6. The summed E-state index contributed by atoms with van der Waals surface area (Å²) in [6.07, 6.45) is 0. The maximum Gasteiger partial charge on any atom is 0.324 e. The number of rotatable bonds is 15. The van der Waals surface area contributed by atoms with Crippen molar-refractivity contribution in [1.82, 2.24) is 9.44 Å². The Kier molecular flexibility index (Phi) is 12.2. The smallest absolute Gasteiger partial charge is 0.324 e. The average molecular weight is 609 g/mol. The molecule has 210 valence electrons. The second-order valence-corrected chi connectivity index (χ2v) is 13.3. The first kappa shape index (κ1) is 31.7. The zero-order valence-corrected chi connectivity index (χ0v) is 24.2. The number of methoxy groups -OCH3 is 4. The molecule has 16 heteroatoms. The summed E-state index contributed by atoms with van der Waals surface area (Å²) < 4.78 is 75.0. The molecule has 0 aliphatic carbocycles. The van der Waals surface area contributed by atoms with Gasteiger partial charge in [0.15, 0.2) is 0 Å². The van der Waals surface area contributed by atoms with Crippen LogP contribution in [0.5, 0.6) is 11.5 Å². The molecule has 2 aromatic carbocycles. The summed E-state index contributed by atoms with van der Waals surface area (Å²) in [4.78, 5) is 24.3. The van der Waals surface area contributed by atoms with E-state index in [9.17, 15) is 26.4 Å². The molecule has 2 rings (SSSR count). The minimum atomic E-state index is -4.07. The van der Waals surface area contributed by atoms with Gasteiger partial charge in [-0.3, -0.25) is 9.59 Å². The minimum absolute atomic E-state index is 0.0775. The zero-order chi connectivity index (χ0) is 28.3. The van der Waals surface area contributed by atoms with Crippen LogP contribution in [0.3, 0.4) is 0 Å². The normalized spacial score (nSPS) is 13.3. The SMILES string of the molecule is COC(=O)C(CSSCC(NS(=O)(=O)c1ccc(OC)cc1)C(=O)OC)NS(=O)(=O)c1ccc(OC)cc1. The van der Waals surface area contributed by atoms with Gasteiger partial charge in [0.25, 0.3) is 0 Å². The molecule has 0 radical (unpaired) electrons. The zero-order valence-electron chi connectivity index (χ0n) is 20.9. The molecule has 2 atom stereocenters. The van der Waals surface area contributed by atoms with Crippen molar-refractivity contribution in [3.63, 3.8) is 0 Å². The third-order valence-electron chi connectivity index (χ3n) is 4.86. The maximum atomic E-state index is 12.7. The molecular weight excluding hydrogens is 581 g/mol. The van der Waals surface area contributed by atoms with Crippen molar-refractivity contribution in [2.24, 2.45) is 0 Å². The Morgan fingerprint density at radius 2 is 0.974 bits per heavy atom. The number of nitrogens with one attached hydrogen (secondary N) is 2. The highest BCUT2D eigenvalue weighted by Gasteiger charge is 2.29. The van der Waals surface area contributed by atoms with Crippen LogP contribution in [-0.4, -0.2) is 80.8 Å². The van der Waals surface area contributed by atoms with E-state index in [4.69, 9.17) is 18.9 Å². The lowest BCUT2D eigenvalue weighted by Gasteiger charge is -2.18. The maximum absolute atomic E-state index is 12.7. The minimum Gasteiger partial charge on any atom is -0.497 e. The summed E-state index contributed by atoms with van der Waals surface area (Å²) in [6.45, 7) is 0. The summed E-state index contributed by atoms with van der Waals surface area (Å²) in [7, 11) is -0.940. The Morgan fingerprint density at radius 3 is 1.24 bits per heavy atom. The van der Waals surface area contributed by atoms with Gasteiger partial charge in [-0.2, -0.15) is 9.44 Å². The van der Waals surface area contributed by atoms with Gasteiger partial charge in [-0.05, 0) is 48.5 Å². The van der Waals surface area contributed by atoms with E-state index in [0.29, 0.717) is 11.5 Å². The molecule has 0 saturated heterocycles. The molecule has 0 aromatic heterocycles. The predicted molar refractivity (Wildman–Crippen MR) is 143 cm³/mol. The van der Waals surface area contributed by atoms with Crippen molar-refractivity contribution in [2.75, 3.05) is 39.9 Å². The fourth-order valence-electron chi connectivity index (χ4n) is 2.84. The van der Waals surface area contributed by atoms with E-state index < -0.39 is 44.1 Å². The molecule has 2 N–H and O–H groups in total. The van der Waals surface area contributed by atoms with Crippen LogP contribution < -0.4 is 18.9 Å². The number of benzene rings is 2. The predicted octanol–water partition coefficient (Wildman–Crippen LogP) is 1.43. The molecule has 0 bridgehead atoms. The van der Waals surface area contributed by atoms with Gasteiger partial charge in [0, 0.05) is 11.5 Å². The fourth-order valence-corrected chi connectivity index (χ4v) is 7.72. The fraction of sp³-hybridized carbons (Fsp3) is 0.364. The van der Waals surface area contributed by atoms with Gasteiger partial charge in [0.05, 0.1) is 38.2 Å². The van der Waals surface area contributed by atoms with Crippen LogP contribution >= 0.6 is 21.6 Å². The number of carbonyl (C=O) groups excluding carboxylic acids is 2. The van der Waals surface area contributed by atoms with Crippen LogP contribution in [0.15, 0.2) is 58.3 Å². The number of sulfonamides is 2. The highest BCUT2D eigenvalue weighted by Crippen LogP contribution is 2.25. The van der Waals surface area contributed by atoms with Gasteiger partial charge in [0.2, 0.25) is 20.0 Å². The van der Waals surface area contributed by atoms with Crippen molar-refractivity contribution >= 4 is 53.6 Å². The Hall–Kier alpha value is -2.50. The Labute approximate surface area is 229 Å². The largest absolute Gasteiger partial charge is 0.497 e. The summed E-state index contributed by atoms with van der Waals surface area (Å²) in [5.74, 6) is -0.872. The quantitative estimate of drug-likeness (QED) is 0.170. The Bertz CT molecular complexity index is 1180. The monoisotopic (exact) mass is 608 g/mol. The molecular formula is C22H28N2O10S4. The van der Waals surface area contributed by atoms with Crippen LogP contribution in [0, 0.1) is 0 Å². The molecule has 0 aliphatic rings. The van der Waals surface area contributed by atoms with E-state index in [0.717, 1.165) is 35.8 Å². The molecule has 2 unspecified atom stereocenters. The van der Waals surface area contributed by atoms with Crippen LogP contribution in [-0.2, 0) is 39.1 Å². The molecule has 0 fully saturated rings. The van der Waals surface area contributed by atoms with Gasteiger partial charge in [-0.25, -0.2) is 16.8 Å². The van der Waals surface area contributed by atoms with Gasteiger partial charge < -0.3 is 18.9 Å². The molecule has 0 amide bonds. The molecule has 0 saturated carbocycles.